The maximum Gasteiger partial charge on any atom is 0.349 e. The average molecular weight is 421 g/mol. The number of halogens is 3. The number of piperazine rings is 1. The second-order valence-electron chi connectivity index (χ2n) is 6.89. The number of benzene rings is 2. The van der Waals surface area contributed by atoms with Gasteiger partial charge < -0.3 is 14.5 Å². The van der Waals surface area contributed by atoms with Gasteiger partial charge in [0.1, 0.15) is 11.6 Å². The van der Waals surface area contributed by atoms with E-state index in [9.17, 15) is 18.0 Å². The molecule has 1 fully saturated rings. The monoisotopic (exact) mass is 421 g/mol. The number of aromatic nitrogens is 1. The van der Waals surface area contributed by atoms with E-state index in [4.69, 9.17) is 4.74 Å². The van der Waals surface area contributed by atoms with Crippen LogP contribution in [0.5, 0.6) is 10.9 Å². The number of ether oxygens (including phenoxy) is 1. The van der Waals surface area contributed by atoms with Gasteiger partial charge in [-0.15, -0.1) is 0 Å². The molecule has 0 unspecified atom stereocenters. The lowest BCUT2D eigenvalue weighted by Gasteiger charge is -2.34. The van der Waals surface area contributed by atoms with Crippen molar-refractivity contribution in [3.8, 4) is 10.9 Å². The zero-order valence-electron chi connectivity index (χ0n) is 15.6. The number of likely N-dealkylation sites (N-methyl/N-ethyl adjacent to an activating group) is 1. The maximum absolute atomic E-state index is 14.7. The van der Waals surface area contributed by atoms with Gasteiger partial charge >= 0.3 is 5.92 Å². The largest absolute Gasteiger partial charge is 0.431 e. The molecular weight excluding hydrogens is 403 g/mol. The number of carbonyl (C=O) groups excluding carboxylic acids is 1. The third-order valence-corrected chi connectivity index (χ3v) is 5.71. The number of carbonyl (C=O) groups is 1. The molecule has 3 aromatic rings. The van der Waals surface area contributed by atoms with Gasteiger partial charge in [0, 0.05) is 31.7 Å². The fourth-order valence-corrected chi connectivity index (χ4v) is 3.95. The van der Waals surface area contributed by atoms with Crippen molar-refractivity contribution in [2.75, 3.05) is 33.2 Å². The van der Waals surface area contributed by atoms with Crippen LogP contribution in [0.2, 0.25) is 0 Å². The highest BCUT2D eigenvalue weighted by molar-refractivity contribution is 7.20. The minimum Gasteiger partial charge on any atom is -0.431 e. The summed E-state index contributed by atoms with van der Waals surface area (Å²) in [5.74, 6) is -4.87. The highest BCUT2D eigenvalue weighted by Crippen LogP contribution is 2.35. The van der Waals surface area contributed by atoms with Crippen molar-refractivity contribution < 1.29 is 22.7 Å². The molecule has 0 saturated carbocycles. The lowest BCUT2D eigenvalue weighted by molar-refractivity contribution is -0.160. The molecule has 4 rings (SSSR count). The van der Waals surface area contributed by atoms with Crippen molar-refractivity contribution in [2.24, 2.45) is 0 Å². The minimum atomic E-state index is -3.61. The van der Waals surface area contributed by atoms with E-state index in [1.54, 1.807) is 6.07 Å². The molecule has 1 saturated heterocycles. The Morgan fingerprint density at radius 3 is 2.48 bits per heavy atom. The predicted octanol–water partition coefficient (Wildman–Crippen LogP) is 4.09. The summed E-state index contributed by atoms with van der Waals surface area (Å²) < 4.78 is 48.9. The van der Waals surface area contributed by atoms with E-state index in [1.807, 2.05) is 11.9 Å². The van der Waals surface area contributed by atoms with E-state index in [0.29, 0.717) is 29.1 Å². The molecule has 0 radical (unpaired) electrons. The van der Waals surface area contributed by atoms with Gasteiger partial charge in [-0.05, 0) is 49.5 Å². The molecule has 0 aliphatic carbocycles. The van der Waals surface area contributed by atoms with E-state index in [2.05, 4.69) is 4.98 Å². The number of alkyl halides is 2. The van der Waals surface area contributed by atoms with Gasteiger partial charge in [-0.3, -0.25) is 4.79 Å². The van der Waals surface area contributed by atoms with Crippen molar-refractivity contribution in [3.05, 3.63) is 53.8 Å². The first-order valence-electron chi connectivity index (χ1n) is 9.03. The zero-order chi connectivity index (χ0) is 20.6. The third kappa shape index (κ3) is 4.06. The van der Waals surface area contributed by atoms with Gasteiger partial charge in [-0.2, -0.15) is 8.78 Å². The number of thiazole rings is 1. The molecular formula is C20H18F3N3O2S. The summed E-state index contributed by atoms with van der Waals surface area (Å²) >= 11 is 1.15. The summed E-state index contributed by atoms with van der Waals surface area (Å²) in [5.41, 5.74) is 0.201. The Hall–Kier alpha value is -2.65. The van der Waals surface area contributed by atoms with Crippen LogP contribution in [0.3, 0.4) is 0 Å². The molecule has 0 atom stereocenters. The van der Waals surface area contributed by atoms with Crippen molar-refractivity contribution >= 4 is 27.5 Å². The summed E-state index contributed by atoms with van der Waals surface area (Å²) in [7, 11) is 1.89. The molecule has 0 N–H and O–H groups in total. The third-order valence-electron chi connectivity index (χ3n) is 4.81. The van der Waals surface area contributed by atoms with Gasteiger partial charge in [-0.25, -0.2) is 9.37 Å². The van der Waals surface area contributed by atoms with Crippen LogP contribution in [0, 0.1) is 5.82 Å². The fourth-order valence-electron chi connectivity index (χ4n) is 3.09. The van der Waals surface area contributed by atoms with Crippen LogP contribution in [0.25, 0.3) is 10.2 Å². The van der Waals surface area contributed by atoms with Gasteiger partial charge in [0.25, 0.3) is 11.1 Å². The van der Waals surface area contributed by atoms with Crippen LogP contribution in [0.1, 0.15) is 5.56 Å². The Balaban J connectivity index is 1.48. The van der Waals surface area contributed by atoms with Crippen molar-refractivity contribution in [3.63, 3.8) is 0 Å². The van der Waals surface area contributed by atoms with Crippen LogP contribution >= 0.6 is 11.3 Å². The molecule has 1 aromatic heterocycles. The Kier molecular flexibility index (Phi) is 5.18. The second-order valence-corrected chi connectivity index (χ2v) is 7.88. The van der Waals surface area contributed by atoms with Crippen LogP contribution in [-0.2, 0) is 10.7 Å². The molecule has 2 heterocycles. The Labute approximate surface area is 169 Å². The number of nitrogens with zero attached hydrogens (tertiary/aromatic N) is 3. The number of hydrogen-bond acceptors (Lipinski definition) is 5. The van der Waals surface area contributed by atoms with Crippen LogP contribution < -0.4 is 4.74 Å². The number of rotatable bonds is 4. The first kappa shape index (κ1) is 19.7. The Bertz CT molecular complexity index is 1030. The lowest BCUT2D eigenvalue weighted by Crippen LogP contribution is -2.51. The van der Waals surface area contributed by atoms with Gasteiger partial charge in [0.05, 0.1) is 10.2 Å². The van der Waals surface area contributed by atoms with E-state index >= 15 is 0 Å². The first-order valence-corrected chi connectivity index (χ1v) is 9.85. The molecule has 1 amide bonds. The smallest absolute Gasteiger partial charge is 0.349 e. The number of amides is 1. The summed E-state index contributed by atoms with van der Waals surface area (Å²) in [4.78, 5) is 19.7. The van der Waals surface area contributed by atoms with Gasteiger partial charge in [-0.1, -0.05) is 11.3 Å². The normalized spacial score (nSPS) is 15.7. The summed E-state index contributed by atoms with van der Waals surface area (Å²) in [5, 5.41) is 0.277. The van der Waals surface area contributed by atoms with E-state index in [1.165, 1.54) is 41.3 Å². The molecule has 1 aliphatic rings. The standard InChI is InChI=1S/C20H18F3N3O2S/c1-25-8-10-26(11-9-25)18(27)20(22,23)13-2-5-15(6-3-13)28-19-24-16-7-4-14(21)12-17(16)29-19/h2-7,12H,8-11H2,1H3. The molecule has 0 bridgehead atoms. The molecule has 2 aromatic carbocycles. The van der Waals surface area contributed by atoms with Crippen LogP contribution in [0.4, 0.5) is 13.2 Å². The molecule has 152 valence electrons. The van der Waals surface area contributed by atoms with E-state index < -0.39 is 11.8 Å². The SMILES string of the molecule is CN1CCN(C(=O)C(F)(F)c2ccc(Oc3nc4ccc(F)cc4s3)cc2)CC1. The molecule has 9 heteroatoms. The predicted molar refractivity (Wildman–Crippen MR) is 104 cm³/mol. The second kappa shape index (κ2) is 7.64. The molecule has 5 nitrogen and oxygen atoms in total. The quantitative estimate of drug-likeness (QED) is 0.637. The lowest BCUT2D eigenvalue weighted by atomic mass is 10.1. The topological polar surface area (TPSA) is 45.7 Å². The van der Waals surface area contributed by atoms with Crippen molar-refractivity contribution in [2.45, 2.75) is 5.92 Å². The molecule has 0 spiro atoms. The number of hydrogen-bond donors (Lipinski definition) is 0. The maximum atomic E-state index is 14.7. The summed E-state index contributed by atoms with van der Waals surface area (Å²) in [6, 6.07) is 9.29. The highest BCUT2D eigenvalue weighted by atomic mass is 32.1. The van der Waals surface area contributed by atoms with E-state index in [-0.39, 0.29) is 29.7 Å². The van der Waals surface area contributed by atoms with Crippen molar-refractivity contribution in [1.82, 2.24) is 14.8 Å². The first-order chi connectivity index (χ1) is 13.8. The van der Waals surface area contributed by atoms with Crippen LogP contribution in [0.15, 0.2) is 42.5 Å². The van der Waals surface area contributed by atoms with Gasteiger partial charge in [0.2, 0.25) is 0 Å². The fraction of sp³-hybridized carbons (Fsp3) is 0.300. The minimum absolute atomic E-state index is 0.277. The van der Waals surface area contributed by atoms with Crippen LogP contribution in [-0.4, -0.2) is 53.9 Å². The van der Waals surface area contributed by atoms with E-state index in [0.717, 1.165) is 11.3 Å². The summed E-state index contributed by atoms with van der Waals surface area (Å²) in [6.45, 7) is 1.70. The highest BCUT2D eigenvalue weighted by Gasteiger charge is 2.44. The molecule has 1 aliphatic heterocycles. The Morgan fingerprint density at radius 2 is 1.79 bits per heavy atom. The summed E-state index contributed by atoms with van der Waals surface area (Å²) in [6.07, 6.45) is 0. The van der Waals surface area contributed by atoms with Crippen molar-refractivity contribution in [1.29, 1.82) is 0 Å². The van der Waals surface area contributed by atoms with Gasteiger partial charge in [0.15, 0.2) is 0 Å². The molecule has 29 heavy (non-hydrogen) atoms. The average Bonchev–Trinajstić information content (AvgIpc) is 3.09. The Morgan fingerprint density at radius 1 is 1.10 bits per heavy atom. The number of fused-ring (bicyclic) bond motifs is 1. The zero-order valence-corrected chi connectivity index (χ0v) is 16.4.